The molecule has 3 heteroatoms. The van der Waals surface area contributed by atoms with Gasteiger partial charge in [-0.05, 0) is 35.7 Å². The summed E-state index contributed by atoms with van der Waals surface area (Å²) < 4.78 is 1.79. The van der Waals surface area contributed by atoms with Crippen LogP contribution in [0.15, 0.2) is 77.6 Å². The summed E-state index contributed by atoms with van der Waals surface area (Å²) in [5.74, 6) is 0. The van der Waals surface area contributed by atoms with Crippen molar-refractivity contribution in [1.82, 2.24) is 9.55 Å². The fourth-order valence-corrected chi connectivity index (χ4v) is 3.01. The first kappa shape index (κ1) is 14.5. The molecule has 0 saturated carbocycles. The van der Waals surface area contributed by atoms with Crippen LogP contribution >= 0.6 is 0 Å². The summed E-state index contributed by atoms with van der Waals surface area (Å²) in [5.41, 5.74) is 6.32. The van der Waals surface area contributed by atoms with Crippen molar-refractivity contribution < 1.29 is 0 Å². The Bertz CT molecular complexity index is 1040. The molecule has 0 radical (unpaired) electrons. The van der Waals surface area contributed by atoms with Gasteiger partial charge in [-0.1, -0.05) is 66.2 Å². The topological polar surface area (TPSA) is 37.8 Å². The number of hydrogen-bond acceptors (Lipinski definition) is 1. The van der Waals surface area contributed by atoms with Gasteiger partial charge in [0.15, 0.2) is 0 Å². The minimum atomic E-state index is -0.0733. The summed E-state index contributed by atoms with van der Waals surface area (Å²) in [7, 11) is 0. The summed E-state index contributed by atoms with van der Waals surface area (Å²) in [6.07, 6.45) is 0. The number of aromatic amines is 1. The molecule has 0 aliphatic heterocycles. The van der Waals surface area contributed by atoms with E-state index in [4.69, 9.17) is 0 Å². The molecule has 118 valence electrons. The monoisotopic (exact) mass is 314 g/mol. The minimum Gasteiger partial charge on any atom is -0.306 e. The number of aromatic nitrogens is 2. The summed E-state index contributed by atoms with van der Waals surface area (Å²) in [5, 5.41) is 0. The van der Waals surface area contributed by atoms with Crippen LogP contribution in [0.25, 0.3) is 22.2 Å². The Hall–Kier alpha value is -3.07. The Labute approximate surface area is 140 Å². The van der Waals surface area contributed by atoms with Crippen LogP contribution in [-0.4, -0.2) is 9.55 Å². The highest BCUT2D eigenvalue weighted by Crippen LogP contribution is 2.23. The Morgan fingerprint density at radius 3 is 2.38 bits per heavy atom. The molecule has 0 fully saturated rings. The fraction of sp³-hybridized carbons (Fsp3) is 0.0952. The summed E-state index contributed by atoms with van der Waals surface area (Å²) >= 11 is 0. The lowest BCUT2D eigenvalue weighted by atomic mass is 10.1. The second-order valence-corrected chi connectivity index (χ2v) is 6.10. The number of aryl methyl sites for hydroxylation is 1. The zero-order valence-corrected chi connectivity index (χ0v) is 13.5. The molecule has 4 rings (SSSR count). The van der Waals surface area contributed by atoms with Gasteiger partial charge in [0.2, 0.25) is 0 Å². The van der Waals surface area contributed by atoms with Crippen LogP contribution in [0.1, 0.15) is 11.1 Å². The van der Waals surface area contributed by atoms with Gasteiger partial charge in [0.05, 0.1) is 17.6 Å². The second kappa shape index (κ2) is 5.85. The third-order valence-corrected chi connectivity index (χ3v) is 4.34. The van der Waals surface area contributed by atoms with Gasteiger partial charge >= 0.3 is 5.69 Å². The number of H-pyrrole nitrogens is 1. The molecule has 4 aromatic rings. The lowest BCUT2D eigenvalue weighted by Gasteiger charge is -2.06. The maximum atomic E-state index is 12.4. The number of nitrogens with zero attached hydrogens (tertiary/aromatic N) is 1. The van der Waals surface area contributed by atoms with Gasteiger partial charge in [-0.3, -0.25) is 4.57 Å². The molecule has 0 atom stereocenters. The van der Waals surface area contributed by atoms with Crippen LogP contribution in [0.5, 0.6) is 0 Å². The largest absolute Gasteiger partial charge is 0.326 e. The van der Waals surface area contributed by atoms with Crippen LogP contribution in [0.4, 0.5) is 0 Å². The average Bonchev–Trinajstić information content (AvgIpc) is 2.92. The van der Waals surface area contributed by atoms with Gasteiger partial charge < -0.3 is 4.98 Å². The van der Waals surface area contributed by atoms with Crippen molar-refractivity contribution in [3.05, 3.63) is 94.4 Å². The number of nitrogens with one attached hydrogen (secondary N) is 1. The third kappa shape index (κ3) is 2.65. The molecule has 0 unspecified atom stereocenters. The first-order valence-corrected chi connectivity index (χ1v) is 8.04. The molecule has 3 nitrogen and oxygen atoms in total. The van der Waals surface area contributed by atoms with Crippen LogP contribution in [0.2, 0.25) is 0 Å². The van der Waals surface area contributed by atoms with E-state index in [1.54, 1.807) is 4.57 Å². The molecule has 0 aliphatic carbocycles. The number of benzene rings is 3. The first-order valence-electron chi connectivity index (χ1n) is 8.04. The molecular formula is C21H18N2O. The number of imidazole rings is 1. The standard InChI is InChI=1S/C21H18N2O/c1-15-7-9-16(10-8-15)14-23-20-12-11-18(13-19(20)22-21(23)24)17-5-3-2-4-6-17/h2-13H,14H2,1H3,(H,22,24). The number of fused-ring (bicyclic) bond motifs is 1. The molecule has 0 spiro atoms. The lowest BCUT2D eigenvalue weighted by molar-refractivity contribution is 0.786. The Morgan fingerprint density at radius 1 is 0.875 bits per heavy atom. The Balaban J connectivity index is 1.76. The van der Waals surface area contributed by atoms with Crippen LogP contribution < -0.4 is 5.69 Å². The minimum absolute atomic E-state index is 0.0733. The zero-order chi connectivity index (χ0) is 16.5. The summed E-state index contributed by atoms with van der Waals surface area (Å²) in [6.45, 7) is 2.64. The van der Waals surface area contributed by atoms with E-state index < -0.39 is 0 Å². The maximum Gasteiger partial charge on any atom is 0.326 e. The number of rotatable bonds is 3. The lowest BCUT2D eigenvalue weighted by Crippen LogP contribution is -2.17. The number of hydrogen-bond donors (Lipinski definition) is 1. The van der Waals surface area contributed by atoms with Crippen molar-refractivity contribution in [2.24, 2.45) is 0 Å². The van der Waals surface area contributed by atoms with E-state index in [1.807, 2.05) is 30.3 Å². The molecule has 0 amide bonds. The summed E-state index contributed by atoms with van der Waals surface area (Å²) in [4.78, 5) is 15.3. The van der Waals surface area contributed by atoms with E-state index in [-0.39, 0.29) is 5.69 Å². The maximum absolute atomic E-state index is 12.4. The normalized spacial score (nSPS) is 11.0. The highest BCUT2D eigenvalue weighted by molar-refractivity contribution is 5.82. The van der Waals surface area contributed by atoms with Crippen molar-refractivity contribution in [2.75, 3.05) is 0 Å². The molecule has 24 heavy (non-hydrogen) atoms. The summed E-state index contributed by atoms with van der Waals surface area (Å²) in [6, 6.07) is 24.6. The van der Waals surface area contributed by atoms with Crippen molar-refractivity contribution in [3.8, 4) is 11.1 Å². The Kier molecular flexibility index (Phi) is 3.54. The molecule has 1 aromatic heterocycles. The zero-order valence-electron chi connectivity index (χ0n) is 13.5. The van der Waals surface area contributed by atoms with E-state index in [2.05, 4.69) is 54.4 Å². The van der Waals surface area contributed by atoms with Crippen LogP contribution in [0, 0.1) is 6.92 Å². The molecule has 3 aromatic carbocycles. The SMILES string of the molecule is Cc1ccc(Cn2c(=O)[nH]c3cc(-c4ccccc4)ccc32)cc1. The average molecular weight is 314 g/mol. The third-order valence-electron chi connectivity index (χ3n) is 4.34. The van der Waals surface area contributed by atoms with Gasteiger partial charge in [0.25, 0.3) is 0 Å². The molecule has 1 heterocycles. The van der Waals surface area contributed by atoms with E-state index in [9.17, 15) is 4.79 Å². The molecule has 0 aliphatic rings. The predicted octanol–water partition coefficient (Wildman–Crippen LogP) is 4.35. The van der Waals surface area contributed by atoms with E-state index in [0.29, 0.717) is 6.54 Å². The van der Waals surface area contributed by atoms with Gasteiger partial charge in [-0.15, -0.1) is 0 Å². The highest BCUT2D eigenvalue weighted by Gasteiger charge is 2.08. The van der Waals surface area contributed by atoms with Crippen molar-refractivity contribution in [1.29, 1.82) is 0 Å². The molecule has 0 bridgehead atoms. The van der Waals surface area contributed by atoms with Crippen LogP contribution in [0.3, 0.4) is 0 Å². The van der Waals surface area contributed by atoms with Crippen LogP contribution in [-0.2, 0) is 6.54 Å². The Morgan fingerprint density at radius 2 is 1.62 bits per heavy atom. The van der Waals surface area contributed by atoms with Crippen molar-refractivity contribution in [3.63, 3.8) is 0 Å². The van der Waals surface area contributed by atoms with Gasteiger partial charge in [-0.25, -0.2) is 4.79 Å². The molecule has 0 saturated heterocycles. The van der Waals surface area contributed by atoms with E-state index >= 15 is 0 Å². The highest BCUT2D eigenvalue weighted by atomic mass is 16.1. The fourth-order valence-electron chi connectivity index (χ4n) is 3.01. The predicted molar refractivity (Wildman–Crippen MR) is 98.3 cm³/mol. The van der Waals surface area contributed by atoms with E-state index in [0.717, 1.165) is 27.7 Å². The van der Waals surface area contributed by atoms with Gasteiger partial charge in [0.1, 0.15) is 0 Å². The quantitative estimate of drug-likeness (QED) is 0.599. The molecule has 1 N–H and O–H groups in total. The molecular weight excluding hydrogens is 296 g/mol. The van der Waals surface area contributed by atoms with Crippen molar-refractivity contribution in [2.45, 2.75) is 13.5 Å². The second-order valence-electron chi connectivity index (χ2n) is 6.10. The van der Waals surface area contributed by atoms with Gasteiger partial charge in [0, 0.05) is 0 Å². The van der Waals surface area contributed by atoms with Crippen molar-refractivity contribution >= 4 is 11.0 Å². The first-order chi connectivity index (χ1) is 11.7. The van der Waals surface area contributed by atoms with E-state index in [1.165, 1.54) is 5.56 Å². The smallest absolute Gasteiger partial charge is 0.306 e. The van der Waals surface area contributed by atoms with Gasteiger partial charge in [-0.2, -0.15) is 0 Å².